The third kappa shape index (κ3) is 23.0. The van der Waals surface area contributed by atoms with Gasteiger partial charge in [-0.15, -0.1) is 4.52 Å². The molecule has 0 aromatic carbocycles. The first-order chi connectivity index (χ1) is 17.5. The molecule has 0 bridgehead atoms. The monoisotopic (exact) mass is 549 g/mol. The number of quaternary nitrogens is 1. The zero-order valence-corrected chi connectivity index (χ0v) is 25.4. The van der Waals surface area contributed by atoms with Crippen LogP contribution in [0, 0.1) is 0 Å². The Morgan fingerprint density at radius 1 is 0.865 bits per heavy atom. The average molecular weight is 550 g/mol. The molecular weight excluding hydrogens is 493 g/mol. The van der Waals surface area contributed by atoms with E-state index in [1.807, 2.05) is 28.1 Å². The lowest BCUT2D eigenvalue weighted by Crippen LogP contribution is -2.54. The number of ether oxygens (including phenoxy) is 2. The quantitative estimate of drug-likeness (QED) is 0.0815. The van der Waals surface area contributed by atoms with Gasteiger partial charge in [0.05, 0.1) is 33.9 Å². The van der Waals surface area contributed by atoms with E-state index in [2.05, 4.69) is 6.92 Å². The summed E-state index contributed by atoms with van der Waals surface area (Å²) < 4.78 is 28.6. The molecule has 3 atom stereocenters. The van der Waals surface area contributed by atoms with E-state index in [0.29, 0.717) is 17.7 Å². The summed E-state index contributed by atoms with van der Waals surface area (Å²) in [5.74, 6) is -1.36. The Hall–Kier alpha value is -0.630. The maximum absolute atomic E-state index is 11.5. The van der Waals surface area contributed by atoms with E-state index >= 15 is 0 Å². The molecule has 0 radical (unpaired) electrons. The molecule has 0 rings (SSSR count). The van der Waals surface area contributed by atoms with E-state index in [1.165, 1.54) is 77.0 Å². The number of nitrogens with zero attached hydrogens (tertiary/aromatic N) is 1. The highest BCUT2D eigenvalue weighted by molar-refractivity contribution is 7.30. The minimum Gasteiger partial charge on any atom is -0.566 e. The molecule has 0 N–H and O–H groups in total. The molecule has 8 nitrogen and oxygen atoms in total. The van der Waals surface area contributed by atoms with Gasteiger partial charge >= 0.3 is 8.25 Å². The van der Waals surface area contributed by atoms with Gasteiger partial charge < -0.3 is 28.8 Å². The van der Waals surface area contributed by atoms with Gasteiger partial charge in [0.2, 0.25) is 0 Å². The van der Waals surface area contributed by atoms with Gasteiger partial charge in [0, 0.05) is 32.0 Å². The van der Waals surface area contributed by atoms with Crippen LogP contribution in [0.25, 0.3) is 0 Å². The highest BCUT2D eigenvalue weighted by Crippen LogP contribution is 2.33. The first kappa shape index (κ1) is 36.4. The molecule has 37 heavy (non-hydrogen) atoms. The molecule has 9 heteroatoms. The van der Waals surface area contributed by atoms with Crippen LogP contribution < -0.4 is 10.00 Å². The molecule has 0 aliphatic rings. The van der Waals surface area contributed by atoms with Crippen LogP contribution in [-0.2, 0) is 23.4 Å². The number of carbonyl (C=O) groups is 1. The van der Waals surface area contributed by atoms with Crippen molar-refractivity contribution < 1.29 is 37.8 Å². The Morgan fingerprint density at radius 3 is 1.76 bits per heavy atom. The molecule has 0 aliphatic heterocycles. The summed E-state index contributed by atoms with van der Waals surface area (Å²) in [5.41, 5.74) is -1.45. The summed E-state index contributed by atoms with van der Waals surface area (Å²) in [5, 5.41) is 11.5. The summed E-state index contributed by atoms with van der Waals surface area (Å²) in [6.45, 7) is 5.54. The van der Waals surface area contributed by atoms with Gasteiger partial charge in [-0.3, -0.25) is 0 Å². The topological polar surface area (TPSA) is 108 Å². The fourth-order valence-electron chi connectivity index (χ4n) is 5.01. The highest BCUT2D eigenvalue weighted by Gasteiger charge is 2.45. The number of carboxylic acid groups (broad SMARTS) is 1. The van der Waals surface area contributed by atoms with Crippen molar-refractivity contribution in [1.82, 2.24) is 0 Å². The molecule has 220 valence electrons. The highest BCUT2D eigenvalue weighted by atomic mass is 31.1. The van der Waals surface area contributed by atoms with Crippen molar-refractivity contribution in [1.29, 1.82) is 0 Å². The Balaban J connectivity index is 4.27. The van der Waals surface area contributed by atoms with Crippen molar-refractivity contribution in [3.63, 3.8) is 0 Å². The standard InChI is InChI=1S/C28H56NO7P/c1-6-8-9-10-11-12-13-14-15-16-17-18-19-20-21-34-24-26(35-7-2)22-28(23-27(30)31,36-37(32)33)25-29(3,4)5/h26H,6-25H2,1-5H3. The van der Waals surface area contributed by atoms with Gasteiger partial charge in [0.25, 0.3) is 0 Å². The van der Waals surface area contributed by atoms with Crippen LogP contribution in [0.1, 0.15) is 117 Å². The SMILES string of the molecule is CCCCCCCCCCCCCCCCOCC(CC(CC(=O)[O-])(C[N+](C)(C)C)O[P+](=O)[O-])OCC. The third-order valence-corrected chi connectivity index (χ3v) is 6.98. The zero-order chi connectivity index (χ0) is 28.0. The minimum atomic E-state index is -3.24. The van der Waals surface area contributed by atoms with Crippen molar-refractivity contribution >= 4 is 14.2 Å². The van der Waals surface area contributed by atoms with E-state index in [-0.39, 0.29) is 19.6 Å². The fraction of sp³-hybridized carbons (Fsp3) is 0.964. The smallest absolute Gasteiger partial charge is 0.489 e. The number of aliphatic carboxylic acids is 1. The Kier molecular flexibility index (Phi) is 21.8. The number of carboxylic acids is 1. The first-order valence-electron chi connectivity index (χ1n) is 14.6. The lowest BCUT2D eigenvalue weighted by atomic mass is 9.91. The number of carbonyl (C=O) groups excluding carboxylic acids is 1. The average Bonchev–Trinajstić information content (AvgIpc) is 2.76. The fourth-order valence-corrected chi connectivity index (χ4v) is 5.52. The van der Waals surface area contributed by atoms with E-state index in [1.54, 1.807) is 0 Å². The number of unbranched alkanes of at least 4 members (excludes halogenated alkanes) is 13. The molecule has 0 aromatic heterocycles. The Bertz CT molecular complexity index is 567. The van der Waals surface area contributed by atoms with E-state index in [4.69, 9.17) is 14.0 Å². The van der Waals surface area contributed by atoms with Gasteiger partial charge in [0.1, 0.15) is 6.54 Å². The number of rotatable bonds is 27. The predicted molar refractivity (Wildman–Crippen MR) is 145 cm³/mol. The van der Waals surface area contributed by atoms with Crippen molar-refractivity contribution in [2.45, 2.75) is 128 Å². The second-order valence-corrected chi connectivity index (χ2v) is 12.1. The maximum atomic E-state index is 11.5. The summed E-state index contributed by atoms with van der Waals surface area (Å²) >= 11 is 0. The Morgan fingerprint density at radius 2 is 1.35 bits per heavy atom. The molecular formula is C28H56NO7P. The number of hydrogen-bond acceptors (Lipinski definition) is 7. The van der Waals surface area contributed by atoms with Crippen LogP contribution in [0.5, 0.6) is 0 Å². The van der Waals surface area contributed by atoms with Crippen LogP contribution in [-0.4, -0.2) is 69.7 Å². The summed E-state index contributed by atoms with van der Waals surface area (Å²) in [6.07, 6.45) is 17.2. The van der Waals surface area contributed by atoms with Crippen LogP contribution in [0.3, 0.4) is 0 Å². The van der Waals surface area contributed by atoms with Crippen LogP contribution in [0.2, 0.25) is 0 Å². The van der Waals surface area contributed by atoms with E-state index in [0.717, 1.165) is 12.8 Å². The maximum Gasteiger partial charge on any atom is 0.489 e. The summed E-state index contributed by atoms with van der Waals surface area (Å²) in [7, 11) is 2.32. The molecule has 0 heterocycles. The molecule has 0 saturated carbocycles. The van der Waals surface area contributed by atoms with Gasteiger partial charge in [-0.05, 0) is 17.9 Å². The van der Waals surface area contributed by atoms with Crippen LogP contribution in [0.4, 0.5) is 0 Å². The normalized spacial score (nSPS) is 14.9. The zero-order valence-electron chi connectivity index (χ0n) is 24.5. The van der Waals surface area contributed by atoms with Crippen LogP contribution >= 0.6 is 8.25 Å². The number of likely N-dealkylation sites (N-methyl/N-ethyl adjacent to an activating group) is 1. The van der Waals surface area contributed by atoms with Crippen molar-refractivity contribution in [3.05, 3.63) is 0 Å². The molecule has 0 amide bonds. The largest absolute Gasteiger partial charge is 0.566 e. The Labute approximate surface area is 228 Å². The van der Waals surface area contributed by atoms with E-state index < -0.39 is 32.4 Å². The third-order valence-electron chi connectivity index (χ3n) is 6.45. The van der Waals surface area contributed by atoms with Gasteiger partial charge in [-0.2, -0.15) is 0 Å². The van der Waals surface area contributed by atoms with Gasteiger partial charge in [0.15, 0.2) is 5.60 Å². The predicted octanol–water partition coefficient (Wildman–Crippen LogP) is 4.90. The summed E-state index contributed by atoms with van der Waals surface area (Å²) in [4.78, 5) is 22.9. The minimum absolute atomic E-state index is 0.0897. The van der Waals surface area contributed by atoms with Crippen molar-refractivity contribution in [3.8, 4) is 0 Å². The lowest BCUT2D eigenvalue weighted by Gasteiger charge is -2.37. The molecule has 0 fully saturated rings. The van der Waals surface area contributed by atoms with Gasteiger partial charge in [-0.25, -0.2) is 0 Å². The number of hydrogen-bond donors (Lipinski definition) is 0. The summed E-state index contributed by atoms with van der Waals surface area (Å²) in [6, 6.07) is 0. The second kappa shape index (κ2) is 22.2. The van der Waals surface area contributed by atoms with Crippen LogP contribution in [0.15, 0.2) is 0 Å². The van der Waals surface area contributed by atoms with Crippen molar-refractivity contribution in [2.24, 2.45) is 0 Å². The van der Waals surface area contributed by atoms with Crippen molar-refractivity contribution in [2.75, 3.05) is 47.5 Å². The molecule has 3 unspecified atom stereocenters. The second-order valence-electron chi connectivity index (χ2n) is 11.4. The molecule has 0 aliphatic carbocycles. The molecule has 0 spiro atoms. The molecule has 0 saturated heterocycles. The van der Waals surface area contributed by atoms with Gasteiger partial charge in [-0.1, -0.05) is 90.4 Å². The van der Waals surface area contributed by atoms with E-state index in [9.17, 15) is 19.4 Å². The first-order valence-corrected chi connectivity index (χ1v) is 15.7. The lowest BCUT2D eigenvalue weighted by molar-refractivity contribution is -0.876. The molecule has 0 aromatic rings.